The standard InChI is InChI=1S/C25H24BrN5OS/c1-18-7-5-6-10-22(18)27-17-23-29-30-25(31(23)21-8-3-2-4-9-21)33-16-15-24(32)28-20-13-11-19(26)12-14-20/h2-14,27H,15-17H2,1H3,(H,28,32). The van der Waals surface area contributed by atoms with Gasteiger partial charge in [-0.15, -0.1) is 10.2 Å². The molecular formula is C25H24BrN5OS. The second kappa shape index (κ2) is 11.2. The van der Waals surface area contributed by atoms with E-state index in [2.05, 4.69) is 55.8 Å². The topological polar surface area (TPSA) is 71.8 Å². The number of hydrogen-bond acceptors (Lipinski definition) is 5. The van der Waals surface area contributed by atoms with Crippen molar-refractivity contribution in [3.63, 3.8) is 0 Å². The third-order valence-electron chi connectivity index (χ3n) is 4.99. The maximum atomic E-state index is 12.3. The molecule has 1 aromatic heterocycles. The molecule has 0 aliphatic rings. The normalized spacial score (nSPS) is 10.7. The first-order valence-electron chi connectivity index (χ1n) is 10.6. The third kappa shape index (κ3) is 6.24. The predicted octanol–water partition coefficient (Wildman–Crippen LogP) is 6.07. The number of rotatable bonds is 9. The minimum Gasteiger partial charge on any atom is -0.378 e. The molecule has 33 heavy (non-hydrogen) atoms. The number of aromatic nitrogens is 3. The van der Waals surface area contributed by atoms with Crippen molar-refractivity contribution in [3.05, 3.63) is 94.7 Å². The number of nitrogens with zero attached hydrogens (tertiary/aromatic N) is 3. The first kappa shape index (κ1) is 23.1. The minimum absolute atomic E-state index is 0.0305. The molecule has 1 amide bonds. The van der Waals surface area contributed by atoms with Crippen LogP contribution in [-0.2, 0) is 11.3 Å². The molecule has 0 aliphatic carbocycles. The van der Waals surface area contributed by atoms with Gasteiger partial charge in [-0.05, 0) is 55.0 Å². The number of amides is 1. The predicted molar refractivity (Wildman–Crippen MR) is 138 cm³/mol. The highest BCUT2D eigenvalue weighted by atomic mass is 79.9. The fourth-order valence-corrected chi connectivity index (χ4v) is 4.45. The molecule has 0 radical (unpaired) electrons. The van der Waals surface area contributed by atoms with Gasteiger partial charge in [-0.25, -0.2) is 0 Å². The maximum Gasteiger partial charge on any atom is 0.225 e. The van der Waals surface area contributed by atoms with Gasteiger partial charge in [0.15, 0.2) is 11.0 Å². The van der Waals surface area contributed by atoms with Crippen molar-refractivity contribution in [2.75, 3.05) is 16.4 Å². The highest BCUT2D eigenvalue weighted by Gasteiger charge is 2.15. The van der Waals surface area contributed by atoms with E-state index in [0.717, 1.165) is 32.5 Å². The number of nitrogens with one attached hydrogen (secondary N) is 2. The number of carbonyl (C=O) groups excluding carboxylic acids is 1. The lowest BCUT2D eigenvalue weighted by molar-refractivity contribution is -0.115. The van der Waals surface area contributed by atoms with E-state index in [1.807, 2.05) is 71.3 Å². The van der Waals surface area contributed by atoms with Crippen LogP contribution in [-0.4, -0.2) is 26.4 Å². The Balaban J connectivity index is 1.43. The summed E-state index contributed by atoms with van der Waals surface area (Å²) in [7, 11) is 0. The summed E-state index contributed by atoms with van der Waals surface area (Å²) in [4.78, 5) is 12.3. The molecule has 2 N–H and O–H groups in total. The number of thioether (sulfide) groups is 1. The van der Waals surface area contributed by atoms with Crippen LogP contribution in [0.2, 0.25) is 0 Å². The van der Waals surface area contributed by atoms with Crippen LogP contribution in [0.1, 0.15) is 17.8 Å². The van der Waals surface area contributed by atoms with Crippen LogP contribution in [0.4, 0.5) is 11.4 Å². The van der Waals surface area contributed by atoms with Crippen LogP contribution in [0.3, 0.4) is 0 Å². The van der Waals surface area contributed by atoms with Crippen LogP contribution < -0.4 is 10.6 Å². The smallest absolute Gasteiger partial charge is 0.225 e. The van der Waals surface area contributed by atoms with Crippen LogP contribution in [0, 0.1) is 6.92 Å². The van der Waals surface area contributed by atoms with Gasteiger partial charge in [0.2, 0.25) is 5.91 Å². The Bertz CT molecular complexity index is 1210. The molecule has 0 bridgehead atoms. The number of hydrogen-bond donors (Lipinski definition) is 2. The molecule has 0 fully saturated rings. The number of anilines is 2. The Hall–Kier alpha value is -3.10. The summed E-state index contributed by atoms with van der Waals surface area (Å²) in [5.41, 5.74) is 4.02. The van der Waals surface area contributed by atoms with Crippen molar-refractivity contribution in [3.8, 4) is 5.69 Å². The molecule has 3 aromatic carbocycles. The Labute approximate surface area is 206 Å². The monoisotopic (exact) mass is 521 g/mol. The number of carbonyl (C=O) groups is 1. The molecule has 0 saturated carbocycles. The zero-order valence-electron chi connectivity index (χ0n) is 18.2. The molecule has 4 aromatic rings. The van der Waals surface area contributed by atoms with Gasteiger partial charge in [0.25, 0.3) is 0 Å². The van der Waals surface area contributed by atoms with Crippen molar-refractivity contribution in [2.24, 2.45) is 0 Å². The molecule has 0 atom stereocenters. The van der Waals surface area contributed by atoms with E-state index in [-0.39, 0.29) is 5.91 Å². The van der Waals surface area contributed by atoms with Gasteiger partial charge in [0.1, 0.15) is 0 Å². The summed E-state index contributed by atoms with van der Waals surface area (Å²) in [6.07, 6.45) is 0.374. The van der Waals surface area contributed by atoms with Crippen molar-refractivity contribution in [1.29, 1.82) is 0 Å². The molecule has 1 heterocycles. The maximum absolute atomic E-state index is 12.3. The average Bonchev–Trinajstić information content (AvgIpc) is 3.23. The van der Waals surface area contributed by atoms with Gasteiger partial charge in [-0.1, -0.05) is 64.1 Å². The zero-order valence-corrected chi connectivity index (χ0v) is 20.6. The summed E-state index contributed by atoms with van der Waals surface area (Å²) >= 11 is 4.92. The van der Waals surface area contributed by atoms with Gasteiger partial charge in [-0.3, -0.25) is 9.36 Å². The van der Waals surface area contributed by atoms with Crippen molar-refractivity contribution in [1.82, 2.24) is 14.8 Å². The summed E-state index contributed by atoms with van der Waals surface area (Å²) in [6, 6.07) is 25.7. The molecule has 4 rings (SSSR count). The molecule has 0 spiro atoms. The number of para-hydroxylation sites is 2. The Morgan fingerprint density at radius 3 is 2.45 bits per heavy atom. The van der Waals surface area contributed by atoms with E-state index in [1.54, 1.807) is 0 Å². The van der Waals surface area contributed by atoms with E-state index < -0.39 is 0 Å². The number of benzene rings is 3. The first-order valence-corrected chi connectivity index (χ1v) is 12.4. The summed E-state index contributed by atoms with van der Waals surface area (Å²) in [5.74, 6) is 1.38. The summed E-state index contributed by atoms with van der Waals surface area (Å²) < 4.78 is 3.02. The van der Waals surface area contributed by atoms with Gasteiger partial charge in [0, 0.05) is 33.7 Å². The van der Waals surface area contributed by atoms with E-state index in [4.69, 9.17) is 0 Å². The number of aryl methyl sites for hydroxylation is 1. The highest BCUT2D eigenvalue weighted by Crippen LogP contribution is 2.24. The summed E-state index contributed by atoms with van der Waals surface area (Å²) in [5, 5.41) is 16.0. The Morgan fingerprint density at radius 1 is 0.970 bits per heavy atom. The molecule has 0 aliphatic heterocycles. The second-order valence-corrected chi connectivity index (χ2v) is 9.37. The van der Waals surface area contributed by atoms with Crippen LogP contribution in [0.15, 0.2) is 88.5 Å². The minimum atomic E-state index is -0.0305. The van der Waals surface area contributed by atoms with Crippen molar-refractivity contribution < 1.29 is 4.79 Å². The van der Waals surface area contributed by atoms with Crippen molar-refractivity contribution >= 4 is 45.0 Å². The fourth-order valence-electron chi connectivity index (χ4n) is 3.28. The molecule has 0 unspecified atom stereocenters. The Kier molecular flexibility index (Phi) is 7.80. The second-order valence-electron chi connectivity index (χ2n) is 7.39. The van der Waals surface area contributed by atoms with Crippen LogP contribution >= 0.6 is 27.7 Å². The largest absolute Gasteiger partial charge is 0.378 e. The lowest BCUT2D eigenvalue weighted by atomic mass is 10.2. The number of halogens is 1. The lowest BCUT2D eigenvalue weighted by Gasteiger charge is -2.12. The molecular weight excluding hydrogens is 498 g/mol. The van der Waals surface area contributed by atoms with E-state index in [9.17, 15) is 4.79 Å². The third-order valence-corrected chi connectivity index (χ3v) is 6.44. The SMILES string of the molecule is Cc1ccccc1NCc1nnc(SCCC(=O)Nc2ccc(Br)cc2)n1-c1ccccc1. The van der Waals surface area contributed by atoms with Crippen LogP contribution in [0.5, 0.6) is 0 Å². The van der Waals surface area contributed by atoms with Gasteiger partial charge < -0.3 is 10.6 Å². The van der Waals surface area contributed by atoms with Gasteiger partial charge >= 0.3 is 0 Å². The molecule has 6 nitrogen and oxygen atoms in total. The van der Waals surface area contributed by atoms with Crippen molar-refractivity contribution in [2.45, 2.75) is 25.0 Å². The zero-order chi connectivity index (χ0) is 23.0. The summed E-state index contributed by atoms with van der Waals surface area (Å²) in [6.45, 7) is 2.61. The van der Waals surface area contributed by atoms with E-state index >= 15 is 0 Å². The van der Waals surface area contributed by atoms with E-state index in [1.165, 1.54) is 17.3 Å². The Morgan fingerprint density at radius 2 is 1.70 bits per heavy atom. The first-order chi connectivity index (χ1) is 16.1. The molecule has 168 valence electrons. The average molecular weight is 522 g/mol. The van der Waals surface area contributed by atoms with Gasteiger partial charge in [0.05, 0.1) is 6.54 Å². The van der Waals surface area contributed by atoms with Gasteiger partial charge in [-0.2, -0.15) is 0 Å². The molecule has 0 saturated heterocycles. The van der Waals surface area contributed by atoms with Crippen LogP contribution in [0.25, 0.3) is 5.69 Å². The fraction of sp³-hybridized carbons (Fsp3) is 0.160. The quantitative estimate of drug-likeness (QED) is 0.261. The van der Waals surface area contributed by atoms with E-state index in [0.29, 0.717) is 18.7 Å². The highest BCUT2D eigenvalue weighted by molar-refractivity contribution is 9.10. The lowest BCUT2D eigenvalue weighted by Crippen LogP contribution is -2.12. The molecule has 8 heteroatoms.